The van der Waals surface area contributed by atoms with E-state index in [2.05, 4.69) is 11.9 Å². The molecule has 1 amide bonds. The summed E-state index contributed by atoms with van der Waals surface area (Å²) in [5.74, 6) is 0.199. The van der Waals surface area contributed by atoms with Gasteiger partial charge < -0.3 is 10.1 Å². The Hall–Kier alpha value is -1.32. The fraction of sp³-hybridized carbons (Fsp3) is 0.714. The molecule has 1 saturated carbocycles. The van der Waals surface area contributed by atoms with Crippen LogP contribution in [0.2, 0.25) is 0 Å². The van der Waals surface area contributed by atoms with E-state index < -0.39 is 5.60 Å². The third-order valence-electron chi connectivity index (χ3n) is 3.05. The van der Waals surface area contributed by atoms with Crippen molar-refractivity contribution >= 4 is 11.9 Å². The number of hydrogen-bond donors (Lipinski definition) is 1. The second kappa shape index (κ2) is 6.03. The Morgan fingerprint density at radius 3 is 2.22 bits per heavy atom. The Morgan fingerprint density at radius 2 is 1.78 bits per heavy atom. The molecule has 0 saturated heterocycles. The molecule has 0 bridgehead atoms. The molecule has 0 aliphatic heterocycles. The van der Waals surface area contributed by atoms with Gasteiger partial charge in [-0.2, -0.15) is 0 Å². The molecule has 18 heavy (non-hydrogen) atoms. The molecule has 0 aromatic heterocycles. The number of allylic oxidation sites excluding steroid dienone is 1. The molecule has 0 unspecified atom stereocenters. The van der Waals surface area contributed by atoms with Crippen molar-refractivity contribution in [2.24, 2.45) is 5.92 Å². The van der Waals surface area contributed by atoms with Crippen molar-refractivity contribution in [2.45, 2.75) is 58.1 Å². The minimum Gasteiger partial charge on any atom is -0.444 e. The number of ether oxygens (including phenoxy) is 1. The summed E-state index contributed by atoms with van der Waals surface area (Å²) in [6.45, 7) is 9.02. The topological polar surface area (TPSA) is 55.4 Å². The highest BCUT2D eigenvalue weighted by atomic mass is 16.6. The lowest BCUT2D eigenvalue weighted by molar-refractivity contribution is -0.119. The third kappa shape index (κ3) is 4.90. The van der Waals surface area contributed by atoms with E-state index in [1.165, 1.54) is 6.08 Å². The summed E-state index contributed by atoms with van der Waals surface area (Å²) in [7, 11) is 0. The Labute approximate surface area is 109 Å². The molecule has 4 heteroatoms. The molecule has 1 aliphatic carbocycles. The fourth-order valence-electron chi connectivity index (χ4n) is 2.16. The standard InChI is InChI=1S/C14H23NO3/c1-5-12(16)10-6-8-11(9-7-10)15-13(17)18-14(2,3)4/h5,10-11H,1,6-9H2,2-4H3,(H,15,17). The van der Waals surface area contributed by atoms with Crippen LogP contribution in [0, 0.1) is 5.92 Å². The number of alkyl carbamates (subject to hydrolysis) is 1. The predicted molar refractivity (Wildman–Crippen MR) is 70.3 cm³/mol. The van der Waals surface area contributed by atoms with Crippen LogP contribution in [0.15, 0.2) is 12.7 Å². The van der Waals surface area contributed by atoms with Crippen molar-refractivity contribution < 1.29 is 14.3 Å². The summed E-state index contributed by atoms with van der Waals surface area (Å²) in [4.78, 5) is 23.0. The number of ketones is 1. The minimum absolute atomic E-state index is 0.0826. The predicted octanol–water partition coefficient (Wildman–Crippen LogP) is 2.83. The second-order valence-corrected chi connectivity index (χ2v) is 5.80. The number of nitrogens with one attached hydrogen (secondary N) is 1. The first-order chi connectivity index (χ1) is 8.31. The van der Waals surface area contributed by atoms with Gasteiger partial charge in [0, 0.05) is 12.0 Å². The van der Waals surface area contributed by atoms with Gasteiger partial charge in [-0.15, -0.1) is 0 Å². The number of amides is 1. The van der Waals surface area contributed by atoms with Crippen LogP contribution < -0.4 is 5.32 Å². The van der Waals surface area contributed by atoms with E-state index in [0.717, 1.165) is 25.7 Å². The van der Waals surface area contributed by atoms with Crippen LogP contribution in [0.4, 0.5) is 4.79 Å². The van der Waals surface area contributed by atoms with Gasteiger partial charge in [0.15, 0.2) is 5.78 Å². The Bertz CT molecular complexity index is 322. The van der Waals surface area contributed by atoms with Crippen LogP contribution in [0.25, 0.3) is 0 Å². The first-order valence-corrected chi connectivity index (χ1v) is 6.47. The van der Waals surface area contributed by atoms with Crippen LogP contribution >= 0.6 is 0 Å². The molecule has 1 fully saturated rings. The molecule has 0 spiro atoms. The summed E-state index contributed by atoms with van der Waals surface area (Å²) < 4.78 is 5.20. The Balaban J connectivity index is 2.33. The minimum atomic E-state index is -0.472. The van der Waals surface area contributed by atoms with E-state index in [9.17, 15) is 9.59 Å². The van der Waals surface area contributed by atoms with Gasteiger partial charge in [0.25, 0.3) is 0 Å². The van der Waals surface area contributed by atoms with Gasteiger partial charge >= 0.3 is 6.09 Å². The quantitative estimate of drug-likeness (QED) is 0.787. The van der Waals surface area contributed by atoms with Gasteiger partial charge in [-0.25, -0.2) is 4.79 Å². The molecule has 0 aromatic carbocycles. The monoisotopic (exact) mass is 253 g/mol. The first-order valence-electron chi connectivity index (χ1n) is 6.47. The van der Waals surface area contributed by atoms with Crippen molar-refractivity contribution in [3.63, 3.8) is 0 Å². The molecule has 0 radical (unpaired) electrons. The summed E-state index contributed by atoms with van der Waals surface area (Å²) in [5.41, 5.74) is -0.472. The summed E-state index contributed by atoms with van der Waals surface area (Å²) in [6.07, 6.45) is 4.29. The zero-order chi connectivity index (χ0) is 13.8. The lowest BCUT2D eigenvalue weighted by Crippen LogP contribution is -2.41. The number of rotatable bonds is 3. The Morgan fingerprint density at radius 1 is 1.22 bits per heavy atom. The van der Waals surface area contributed by atoms with E-state index >= 15 is 0 Å². The molecule has 1 N–H and O–H groups in total. The molecular formula is C14H23NO3. The van der Waals surface area contributed by atoms with Gasteiger partial charge in [-0.3, -0.25) is 4.79 Å². The zero-order valence-electron chi connectivity index (χ0n) is 11.5. The van der Waals surface area contributed by atoms with Gasteiger partial charge in [0.1, 0.15) is 5.60 Å². The van der Waals surface area contributed by atoms with Gasteiger partial charge in [0.2, 0.25) is 0 Å². The highest BCUT2D eigenvalue weighted by Gasteiger charge is 2.26. The van der Waals surface area contributed by atoms with Crippen molar-refractivity contribution in [2.75, 3.05) is 0 Å². The zero-order valence-corrected chi connectivity index (χ0v) is 11.5. The van der Waals surface area contributed by atoms with Crippen LogP contribution in [0.1, 0.15) is 46.5 Å². The smallest absolute Gasteiger partial charge is 0.407 e. The SMILES string of the molecule is C=CC(=O)C1CCC(NC(=O)OC(C)(C)C)CC1. The molecule has 1 aliphatic rings. The fourth-order valence-corrected chi connectivity index (χ4v) is 2.16. The molecule has 1 rings (SSSR count). The van der Waals surface area contributed by atoms with E-state index in [-0.39, 0.29) is 23.8 Å². The maximum atomic E-state index is 11.6. The summed E-state index contributed by atoms with van der Waals surface area (Å²) in [5, 5.41) is 2.85. The largest absolute Gasteiger partial charge is 0.444 e. The van der Waals surface area contributed by atoms with Gasteiger partial charge in [0.05, 0.1) is 0 Å². The second-order valence-electron chi connectivity index (χ2n) is 5.80. The van der Waals surface area contributed by atoms with Gasteiger partial charge in [-0.05, 0) is 52.5 Å². The van der Waals surface area contributed by atoms with Crippen LogP contribution in [-0.4, -0.2) is 23.5 Å². The number of carbonyl (C=O) groups excluding carboxylic acids is 2. The number of carbonyl (C=O) groups is 2. The molecule has 0 atom stereocenters. The average Bonchev–Trinajstić information content (AvgIpc) is 2.26. The highest BCUT2D eigenvalue weighted by Crippen LogP contribution is 2.25. The van der Waals surface area contributed by atoms with Crippen LogP contribution in [0.3, 0.4) is 0 Å². The maximum Gasteiger partial charge on any atom is 0.407 e. The molecule has 0 heterocycles. The van der Waals surface area contributed by atoms with E-state index in [1.807, 2.05) is 20.8 Å². The third-order valence-corrected chi connectivity index (χ3v) is 3.05. The summed E-state index contributed by atoms with van der Waals surface area (Å²) >= 11 is 0. The van der Waals surface area contributed by atoms with Crippen molar-refractivity contribution in [3.05, 3.63) is 12.7 Å². The molecular weight excluding hydrogens is 230 g/mol. The van der Waals surface area contributed by atoms with Gasteiger partial charge in [-0.1, -0.05) is 6.58 Å². The lowest BCUT2D eigenvalue weighted by Gasteiger charge is -2.29. The van der Waals surface area contributed by atoms with E-state index in [0.29, 0.717) is 0 Å². The van der Waals surface area contributed by atoms with E-state index in [1.54, 1.807) is 0 Å². The van der Waals surface area contributed by atoms with Crippen LogP contribution in [0.5, 0.6) is 0 Å². The average molecular weight is 253 g/mol. The molecule has 102 valence electrons. The highest BCUT2D eigenvalue weighted by molar-refractivity contribution is 5.91. The molecule has 4 nitrogen and oxygen atoms in total. The van der Waals surface area contributed by atoms with Crippen molar-refractivity contribution in [1.82, 2.24) is 5.32 Å². The molecule has 0 aromatic rings. The summed E-state index contributed by atoms with van der Waals surface area (Å²) in [6, 6.07) is 0.119. The Kier molecular flexibility index (Phi) is 4.93. The van der Waals surface area contributed by atoms with Crippen molar-refractivity contribution in [3.8, 4) is 0 Å². The lowest BCUT2D eigenvalue weighted by atomic mass is 9.83. The first kappa shape index (κ1) is 14.7. The van der Waals surface area contributed by atoms with E-state index in [4.69, 9.17) is 4.74 Å². The maximum absolute atomic E-state index is 11.6. The van der Waals surface area contributed by atoms with Crippen molar-refractivity contribution in [1.29, 1.82) is 0 Å². The van der Waals surface area contributed by atoms with Crippen LogP contribution in [-0.2, 0) is 9.53 Å². The number of hydrogen-bond acceptors (Lipinski definition) is 3. The normalized spacial score (nSPS) is 24.2.